The summed E-state index contributed by atoms with van der Waals surface area (Å²) in [6.45, 7) is 0.295. The van der Waals surface area contributed by atoms with E-state index >= 15 is 0 Å². The first kappa shape index (κ1) is 17.6. The van der Waals surface area contributed by atoms with Crippen LogP contribution in [0.3, 0.4) is 0 Å². The van der Waals surface area contributed by atoms with Gasteiger partial charge in [-0.1, -0.05) is 41.9 Å². The zero-order chi connectivity index (χ0) is 20.0. The molecule has 5 nitrogen and oxygen atoms in total. The number of carbonyl (C=O) groups is 1. The van der Waals surface area contributed by atoms with Crippen molar-refractivity contribution in [1.82, 2.24) is 9.88 Å². The Balaban J connectivity index is 1.74. The highest BCUT2D eigenvalue weighted by atomic mass is 35.5. The molecule has 0 fully saturated rings. The summed E-state index contributed by atoms with van der Waals surface area (Å²) in [5, 5.41) is 0.990. The number of para-hydroxylation sites is 1. The van der Waals surface area contributed by atoms with Crippen molar-refractivity contribution in [2.24, 2.45) is 0 Å². The predicted molar refractivity (Wildman–Crippen MR) is 110 cm³/mol. The monoisotopic (exact) mass is 402 g/mol. The number of halogens is 1. The summed E-state index contributed by atoms with van der Waals surface area (Å²) in [7, 11) is 0. The van der Waals surface area contributed by atoms with Crippen LogP contribution in [-0.4, -0.2) is 15.8 Å². The van der Waals surface area contributed by atoms with E-state index in [1.54, 1.807) is 53.7 Å². The van der Waals surface area contributed by atoms with E-state index in [2.05, 4.69) is 4.98 Å². The van der Waals surface area contributed by atoms with Crippen molar-refractivity contribution in [2.45, 2.75) is 12.6 Å². The van der Waals surface area contributed by atoms with E-state index in [0.29, 0.717) is 28.1 Å². The minimum absolute atomic E-state index is 0.0857. The van der Waals surface area contributed by atoms with Crippen LogP contribution in [0.25, 0.3) is 11.0 Å². The van der Waals surface area contributed by atoms with Crippen LogP contribution >= 0.6 is 11.6 Å². The van der Waals surface area contributed by atoms with E-state index in [-0.39, 0.29) is 17.1 Å². The Kier molecular flexibility index (Phi) is 4.18. The highest BCUT2D eigenvalue weighted by Gasteiger charge is 2.42. The molecule has 4 aromatic rings. The van der Waals surface area contributed by atoms with Crippen LogP contribution in [0.2, 0.25) is 5.02 Å². The van der Waals surface area contributed by atoms with E-state index in [1.165, 1.54) is 0 Å². The van der Waals surface area contributed by atoms with Gasteiger partial charge in [-0.25, -0.2) is 0 Å². The summed E-state index contributed by atoms with van der Waals surface area (Å²) in [6.07, 6.45) is 3.38. The van der Waals surface area contributed by atoms with Crippen molar-refractivity contribution in [2.75, 3.05) is 0 Å². The fourth-order valence-corrected chi connectivity index (χ4v) is 4.04. The van der Waals surface area contributed by atoms with Crippen molar-refractivity contribution in [1.29, 1.82) is 0 Å². The third-order valence-electron chi connectivity index (χ3n) is 5.11. The summed E-state index contributed by atoms with van der Waals surface area (Å²) in [6, 6.07) is 17.3. The molecule has 2 aromatic carbocycles. The third-order valence-corrected chi connectivity index (χ3v) is 5.35. The highest BCUT2D eigenvalue weighted by Crippen LogP contribution is 2.39. The van der Waals surface area contributed by atoms with Crippen LogP contribution in [0.1, 0.15) is 33.3 Å². The SMILES string of the molecule is O=C1c2oc3ccccc3c(=O)c2[C@H](c2cccc(Cl)c2)N1Cc1cccnc1. The van der Waals surface area contributed by atoms with Crippen LogP contribution in [-0.2, 0) is 6.54 Å². The van der Waals surface area contributed by atoms with Crippen LogP contribution in [0.15, 0.2) is 82.3 Å². The molecule has 1 amide bonds. The lowest BCUT2D eigenvalue weighted by atomic mass is 9.98. The van der Waals surface area contributed by atoms with Crippen LogP contribution < -0.4 is 5.43 Å². The van der Waals surface area contributed by atoms with Crippen molar-refractivity contribution < 1.29 is 9.21 Å². The van der Waals surface area contributed by atoms with Gasteiger partial charge in [0.25, 0.3) is 5.91 Å². The van der Waals surface area contributed by atoms with Gasteiger partial charge in [-0.05, 0) is 41.5 Å². The zero-order valence-corrected chi connectivity index (χ0v) is 16.0. The minimum atomic E-state index is -0.586. The van der Waals surface area contributed by atoms with Gasteiger partial charge < -0.3 is 9.32 Å². The molecule has 1 aliphatic rings. The molecule has 0 aliphatic carbocycles. The second-order valence-corrected chi connectivity index (χ2v) is 7.36. The number of aromatic nitrogens is 1. The Morgan fingerprint density at radius 3 is 2.69 bits per heavy atom. The van der Waals surface area contributed by atoms with E-state index in [9.17, 15) is 9.59 Å². The van der Waals surface area contributed by atoms with Gasteiger partial charge in [0.2, 0.25) is 5.76 Å². The maximum atomic E-state index is 13.3. The average molecular weight is 403 g/mol. The summed E-state index contributed by atoms with van der Waals surface area (Å²) in [4.78, 5) is 32.4. The molecule has 5 rings (SSSR count). The first-order chi connectivity index (χ1) is 14.1. The maximum absolute atomic E-state index is 13.3. The second-order valence-electron chi connectivity index (χ2n) is 6.92. The highest BCUT2D eigenvalue weighted by molar-refractivity contribution is 6.30. The van der Waals surface area contributed by atoms with Gasteiger partial charge in [0.05, 0.1) is 17.0 Å². The van der Waals surface area contributed by atoms with Crippen molar-refractivity contribution in [3.8, 4) is 0 Å². The summed E-state index contributed by atoms with van der Waals surface area (Å²) < 4.78 is 5.91. The predicted octanol–water partition coefficient (Wildman–Crippen LogP) is 4.59. The lowest BCUT2D eigenvalue weighted by Gasteiger charge is -2.25. The van der Waals surface area contributed by atoms with Crippen LogP contribution in [0.4, 0.5) is 0 Å². The third kappa shape index (κ3) is 2.91. The Morgan fingerprint density at radius 1 is 1.03 bits per heavy atom. The molecule has 3 heterocycles. The number of nitrogens with zero attached hydrogens (tertiary/aromatic N) is 2. The molecule has 2 aromatic heterocycles. The molecule has 6 heteroatoms. The van der Waals surface area contributed by atoms with Crippen molar-refractivity contribution >= 4 is 28.5 Å². The molecule has 0 spiro atoms. The number of hydrogen-bond donors (Lipinski definition) is 0. The number of amides is 1. The summed E-state index contributed by atoms with van der Waals surface area (Å²) in [5.41, 5.74) is 2.17. The fourth-order valence-electron chi connectivity index (χ4n) is 3.84. The molecule has 0 bridgehead atoms. The van der Waals surface area contributed by atoms with Gasteiger partial charge in [0.1, 0.15) is 5.58 Å². The maximum Gasteiger partial charge on any atom is 0.291 e. The molecule has 0 saturated heterocycles. The summed E-state index contributed by atoms with van der Waals surface area (Å²) in [5.74, 6) is -0.237. The molecular weight excluding hydrogens is 388 g/mol. The van der Waals surface area contributed by atoms with Gasteiger partial charge >= 0.3 is 0 Å². The van der Waals surface area contributed by atoms with E-state index in [0.717, 1.165) is 11.1 Å². The van der Waals surface area contributed by atoms with Crippen LogP contribution in [0, 0.1) is 0 Å². The van der Waals surface area contributed by atoms with E-state index in [4.69, 9.17) is 16.0 Å². The molecule has 1 aliphatic heterocycles. The first-order valence-corrected chi connectivity index (χ1v) is 9.52. The zero-order valence-electron chi connectivity index (χ0n) is 15.2. The largest absolute Gasteiger partial charge is 0.450 e. The molecule has 0 saturated carbocycles. The number of benzene rings is 2. The smallest absolute Gasteiger partial charge is 0.291 e. The average Bonchev–Trinajstić information content (AvgIpc) is 3.01. The normalized spacial score (nSPS) is 15.7. The van der Waals surface area contributed by atoms with Crippen molar-refractivity contribution in [3.63, 3.8) is 0 Å². The minimum Gasteiger partial charge on any atom is -0.450 e. The number of carbonyl (C=O) groups excluding carboxylic acids is 1. The molecular formula is C23H15ClN2O3. The lowest BCUT2D eigenvalue weighted by molar-refractivity contribution is 0.0714. The molecule has 1 atom stereocenters. The molecule has 0 N–H and O–H groups in total. The number of fused-ring (bicyclic) bond motifs is 2. The number of hydrogen-bond acceptors (Lipinski definition) is 4. The molecule has 142 valence electrons. The molecule has 29 heavy (non-hydrogen) atoms. The van der Waals surface area contributed by atoms with Gasteiger partial charge in [-0.15, -0.1) is 0 Å². The van der Waals surface area contributed by atoms with Gasteiger partial charge in [0, 0.05) is 24.0 Å². The Bertz CT molecular complexity index is 1300. The number of rotatable bonds is 3. The van der Waals surface area contributed by atoms with E-state index in [1.807, 2.05) is 24.3 Å². The second kappa shape index (κ2) is 6.87. The molecule has 0 radical (unpaired) electrons. The first-order valence-electron chi connectivity index (χ1n) is 9.14. The van der Waals surface area contributed by atoms with Crippen molar-refractivity contribution in [3.05, 3.63) is 111 Å². The van der Waals surface area contributed by atoms with Gasteiger partial charge in [-0.3, -0.25) is 14.6 Å². The lowest BCUT2D eigenvalue weighted by Crippen LogP contribution is -2.29. The Hall–Kier alpha value is -3.44. The quantitative estimate of drug-likeness (QED) is 0.503. The van der Waals surface area contributed by atoms with Gasteiger partial charge in [-0.2, -0.15) is 0 Å². The van der Waals surface area contributed by atoms with Gasteiger partial charge in [0.15, 0.2) is 5.43 Å². The van der Waals surface area contributed by atoms with E-state index < -0.39 is 6.04 Å². The molecule has 0 unspecified atom stereocenters. The Labute approximate surface area is 171 Å². The topological polar surface area (TPSA) is 63.4 Å². The Morgan fingerprint density at radius 2 is 1.90 bits per heavy atom. The standard InChI is InChI=1S/C23H15ClN2O3/c24-16-7-3-6-15(11-16)20-19-21(27)17-8-1-2-9-18(17)29-22(19)23(28)26(20)13-14-5-4-10-25-12-14/h1-12,20H,13H2/t20-/m0/s1. The van der Waals surface area contributed by atoms with Crippen LogP contribution in [0.5, 0.6) is 0 Å². The fraction of sp³-hybridized carbons (Fsp3) is 0.0870. The summed E-state index contributed by atoms with van der Waals surface area (Å²) >= 11 is 6.21. The number of pyridine rings is 1.